The molecule has 0 aliphatic rings. The lowest BCUT2D eigenvalue weighted by atomic mass is 9.97. The van der Waals surface area contributed by atoms with Crippen molar-refractivity contribution < 1.29 is 19.4 Å². The fraction of sp³-hybridized carbons (Fsp3) is 0.562. The molecule has 0 bridgehead atoms. The Hall–Kier alpha value is -1.46. The summed E-state index contributed by atoms with van der Waals surface area (Å²) in [4.78, 5) is 11.2. The van der Waals surface area contributed by atoms with Gasteiger partial charge in [-0.3, -0.25) is 4.79 Å². The van der Waals surface area contributed by atoms with Gasteiger partial charge in [0.15, 0.2) is 11.5 Å². The van der Waals surface area contributed by atoms with Crippen molar-refractivity contribution in [3.05, 3.63) is 22.7 Å². The van der Waals surface area contributed by atoms with Gasteiger partial charge >= 0.3 is 5.97 Å². The van der Waals surface area contributed by atoms with Crippen molar-refractivity contribution in [1.29, 1.82) is 0 Å². The first-order valence-electron chi connectivity index (χ1n) is 7.22. The second-order valence-corrected chi connectivity index (χ2v) is 6.02. The maximum atomic E-state index is 11.2. The molecule has 0 fully saturated rings. The number of carboxylic acid groups (broad SMARTS) is 1. The lowest BCUT2D eigenvalue weighted by Crippen LogP contribution is -2.29. The van der Waals surface area contributed by atoms with Crippen LogP contribution in [0.5, 0.6) is 11.5 Å². The standard InChI is InChI=1S/C16H24ClNO4/c1-10(2)5-12(16(19)20)9-18-8-11-6-13(17)15(22-4)14(7-11)21-3/h6-7,10,12,18H,5,8-9H2,1-4H3,(H,19,20). The zero-order chi connectivity index (χ0) is 16.7. The van der Waals surface area contributed by atoms with Gasteiger partial charge in [0.2, 0.25) is 0 Å². The molecular weight excluding hydrogens is 306 g/mol. The Morgan fingerprint density at radius 1 is 1.32 bits per heavy atom. The fourth-order valence-electron chi connectivity index (χ4n) is 2.30. The first-order chi connectivity index (χ1) is 10.4. The number of carboxylic acids is 1. The third kappa shape index (κ3) is 5.39. The maximum Gasteiger partial charge on any atom is 0.307 e. The molecule has 22 heavy (non-hydrogen) atoms. The van der Waals surface area contributed by atoms with Gasteiger partial charge in [-0.25, -0.2) is 0 Å². The van der Waals surface area contributed by atoms with Crippen LogP contribution in [-0.4, -0.2) is 31.8 Å². The summed E-state index contributed by atoms with van der Waals surface area (Å²) < 4.78 is 10.4. The number of halogens is 1. The van der Waals surface area contributed by atoms with E-state index in [0.717, 1.165) is 5.56 Å². The van der Waals surface area contributed by atoms with Crippen LogP contribution < -0.4 is 14.8 Å². The fourth-order valence-corrected chi connectivity index (χ4v) is 2.62. The lowest BCUT2D eigenvalue weighted by molar-refractivity contribution is -0.142. The quantitative estimate of drug-likeness (QED) is 0.728. The highest BCUT2D eigenvalue weighted by Crippen LogP contribution is 2.35. The number of benzene rings is 1. The highest BCUT2D eigenvalue weighted by molar-refractivity contribution is 6.32. The number of ether oxygens (including phenoxy) is 2. The topological polar surface area (TPSA) is 67.8 Å². The van der Waals surface area contributed by atoms with E-state index in [2.05, 4.69) is 5.32 Å². The van der Waals surface area contributed by atoms with Crippen molar-refractivity contribution in [2.75, 3.05) is 20.8 Å². The van der Waals surface area contributed by atoms with Crippen LogP contribution >= 0.6 is 11.6 Å². The normalized spacial score (nSPS) is 12.3. The zero-order valence-electron chi connectivity index (χ0n) is 13.5. The maximum absolute atomic E-state index is 11.2. The summed E-state index contributed by atoms with van der Waals surface area (Å²) in [6.45, 7) is 4.97. The van der Waals surface area contributed by atoms with Crippen LogP contribution in [0.3, 0.4) is 0 Å². The molecular formula is C16H24ClNO4. The monoisotopic (exact) mass is 329 g/mol. The number of methoxy groups -OCH3 is 2. The van der Waals surface area contributed by atoms with E-state index in [-0.39, 0.29) is 0 Å². The number of rotatable bonds is 9. The van der Waals surface area contributed by atoms with Crippen molar-refractivity contribution in [2.24, 2.45) is 11.8 Å². The number of hydrogen-bond donors (Lipinski definition) is 2. The summed E-state index contributed by atoms with van der Waals surface area (Å²) in [6.07, 6.45) is 0.648. The molecule has 124 valence electrons. The number of nitrogens with one attached hydrogen (secondary N) is 1. The van der Waals surface area contributed by atoms with Gasteiger partial charge in [0.05, 0.1) is 25.2 Å². The Kier molecular flexibility index (Phi) is 7.48. The van der Waals surface area contributed by atoms with E-state index in [4.69, 9.17) is 21.1 Å². The SMILES string of the molecule is COc1cc(CNCC(CC(C)C)C(=O)O)cc(Cl)c1OC. The minimum Gasteiger partial charge on any atom is -0.493 e. The van der Waals surface area contributed by atoms with Gasteiger partial charge in [-0.2, -0.15) is 0 Å². The van der Waals surface area contributed by atoms with Crippen LogP contribution in [0, 0.1) is 11.8 Å². The molecule has 1 rings (SSSR count). The van der Waals surface area contributed by atoms with Gasteiger partial charge in [0.1, 0.15) is 0 Å². The molecule has 0 saturated heterocycles. The highest BCUT2D eigenvalue weighted by atomic mass is 35.5. The van der Waals surface area contributed by atoms with E-state index in [1.54, 1.807) is 13.2 Å². The third-order valence-electron chi connectivity index (χ3n) is 3.32. The summed E-state index contributed by atoms with van der Waals surface area (Å²) in [6, 6.07) is 3.62. The third-order valence-corrected chi connectivity index (χ3v) is 3.60. The van der Waals surface area contributed by atoms with Gasteiger partial charge in [-0.15, -0.1) is 0 Å². The van der Waals surface area contributed by atoms with E-state index in [0.29, 0.717) is 41.9 Å². The molecule has 0 aliphatic heterocycles. The summed E-state index contributed by atoms with van der Waals surface area (Å²) >= 11 is 6.15. The molecule has 0 spiro atoms. The Bertz CT molecular complexity index is 505. The molecule has 0 aromatic heterocycles. The van der Waals surface area contributed by atoms with Gasteiger partial charge in [0.25, 0.3) is 0 Å². The Morgan fingerprint density at radius 2 is 2.00 bits per heavy atom. The number of aliphatic carboxylic acids is 1. The molecule has 0 aliphatic carbocycles. The van der Waals surface area contributed by atoms with Crippen molar-refractivity contribution in [3.8, 4) is 11.5 Å². The van der Waals surface area contributed by atoms with Crippen LogP contribution in [0.2, 0.25) is 5.02 Å². The van der Waals surface area contributed by atoms with E-state index >= 15 is 0 Å². The molecule has 2 N–H and O–H groups in total. The molecule has 0 radical (unpaired) electrons. The van der Waals surface area contributed by atoms with Crippen molar-refractivity contribution in [2.45, 2.75) is 26.8 Å². The van der Waals surface area contributed by atoms with E-state index in [1.807, 2.05) is 19.9 Å². The largest absolute Gasteiger partial charge is 0.493 e. The summed E-state index contributed by atoms with van der Waals surface area (Å²) in [7, 11) is 3.08. The van der Waals surface area contributed by atoms with Crippen LogP contribution in [0.15, 0.2) is 12.1 Å². The van der Waals surface area contributed by atoms with E-state index < -0.39 is 11.9 Å². The second kappa shape index (κ2) is 8.86. The smallest absolute Gasteiger partial charge is 0.307 e. The summed E-state index contributed by atoms with van der Waals surface area (Å²) in [5.41, 5.74) is 0.913. The van der Waals surface area contributed by atoms with Gasteiger partial charge < -0.3 is 19.9 Å². The van der Waals surface area contributed by atoms with Crippen LogP contribution in [0.4, 0.5) is 0 Å². The van der Waals surface area contributed by atoms with Gasteiger partial charge in [-0.05, 0) is 30.0 Å². The van der Waals surface area contributed by atoms with Gasteiger partial charge in [0, 0.05) is 13.1 Å². The minimum absolute atomic E-state index is 0.346. The van der Waals surface area contributed by atoms with Crippen LogP contribution in [0.25, 0.3) is 0 Å². The first kappa shape index (κ1) is 18.6. The molecule has 6 heteroatoms. The molecule has 1 aromatic carbocycles. The predicted octanol–water partition coefficient (Wildman–Crippen LogP) is 3.19. The summed E-state index contributed by atoms with van der Waals surface area (Å²) in [5, 5.41) is 12.9. The lowest BCUT2D eigenvalue weighted by Gasteiger charge is -2.16. The molecule has 1 unspecified atom stereocenters. The summed E-state index contributed by atoms with van der Waals surface area (Å²) in [5.74, 6) is 0.237. The van der Waals surface area contributed by atoms with Crippen molar-refractivity contribution in [1.82, 2.24) is 5.32 Å². The van der Waals surface area contributed by atoms with Crippen molar-refractivity contribution in [3.63, 3.8) is 0 Å². The molecule has 1 aromatic rings. The Balaban J connectivity index is 2.68. The number of carbonyl (C=O) groups is 1. The second-order valence-electron chi connectivity index (χ2n) is 5.61. The van der Waals surface area contributed by atoms with Crippen LogP contribution in [-0.2, 0) is 11.3 Å². The van der Waals surface area contributed by atoms with E-state index in [9.17, 15) is 9.90 Å². The highest BCUT2D eigenvalue weighted by Gasteiger charge is 2.18. The minimum atomic E-state index is -0.772. The Morgan fingerprint density at radius 3 is 2.50 bits per heavy atom. The number of hydrogen-bond acceptors (Lipinski definition) is 4. The molecule has 5 nitrogen and oxygen atoms in total. The zero-order valence-corrected chi connectivity index (χ0v) is 14.2. The molecule has 0 saturated carbocycles. The molecule has 0 amide bonds. The molecule has 1 atom stereocenters. The van der Waals surface area contributed by atoms with E-state index in [1.165, 1.54) is 7.11 Å². The predicted molar refractivity (Wildman–Crippen MR) is 86.8 cm³/mol. The van der Waals surface area contributed by atoms with Crippen molar-refractivity contribution >= 4 is 17.6 Å². The van der Waals surface area contributed by atoms with Gasteiger partial charge in [-0.1, -0.05) is 25.4 Å². The average Bonchev–Trinajstić information content (AvgIpc) is 2.44. The first-order valence-corrected chi connectivity index (χ1v) is 7.60. The average molecular weight is 330 g/mol. The van der Waals surface area contributed by atoms with Crippen LogP contribution in [0.1, 0.15) is 25.8 Å². The molecule has 0 heterocycles. The Labute approximate surface area is 136 Å².